The Hall–Kier alpha value is -1.63. The van der Waals surface area contributed by atoms with E-state index in [1.807, 2.05) is 24.4 Å². The predicted molar refractivity (Wildman–Crippen MR) is 81.9 cm³/mol. The largest absolute Gasteiger partial charge is 0.344 e. The predicted octanol–water partition coefficient (Wildman–Crippen LogP) is 2.96. The molecule has 0 aliphatic carbocycles. The van der Waals surface area contributed by atoms with Gasteiger partial charge >= 0.3 is 0 Å². The van der Waals surface area contributed by atoms with Crippen molar-refractivity contribution in [2.75, 3.05) is 5.43 Å². The Morgan fingerprint density at radius 1 is 1.55 bits per heavy atom. The van der Waals surface area contributed by atoms with Gasteiger partial charge in [-0.15, -0.1) is 11.3 Å². The van der Waals surface area contributed by atoms with Crippen LogP contribution in [-0.4, -0.2) is 10.9 Å². The van der Waals surface area contributed by atoms with Crippen LogP contribution in [0.3, 0.4) is 0 Å². The Morgan fingerprint density at radius 2 is 2.35 bits per heavy atom. The highest BCUT2D eigenvalue weighted by Crippen LogP contribution is 2.22. The van der Waals surface area contributed by atoms with Gasteiger partial charge in [-0.2, -0.15) is 0 Å². The number of carbonyl (C=O) groups excluding carboxylic acids is 1. The fourth-order valence-corrected chi connectivity index (χ4v) is 2.88. The monoisotopic (exact) mass is 310 g/mol. The van der Waals surface area contributed by atoms with E-state index in [-0.39, 0.29) is 17.1 Å². The lowest BCUT2D eigenvalue weighted by Crippen LogP contribution is -2.27. The molecule has 2 aromatic heterocycles. The van der Waals surface area contributed by atoms with Crippen LogP contribution in [0, 0.1) is 0 Å². The number of pyridine rings is 1. The zero-order valence-corrected chi connectivity index (χ0v) is 12.5. The Kier molecular flexibility index (Phi) is 4.94. The lowest BCUT2D eigenvalue weighted by atomic mass is 10.1. The third-order valence-electron chi connectivity index (χ3n) is 2.80. The minimum Gasteiger partial charge on any atom is -0.344 e. The fourth-order valence-electron chi connectivity index (χ4n) is 1.81. The van der Waals surface area contributed by atoms with Gasteiger partial charge in [-0.1, -0.05) is 24.6 Å². The van der Waals surface area contributed by atoms with Gasteiger partial charge in [0, 0.05) is 10.4 Å². The van der Waals surface area contributed by atoms with Crippen LogP contribution in [0.25, 0.3) is 0 Å². The minimum absolute atomic E-state index is 0.0104. The molecule has 0 aliphatic heterocycles. The Labute approximate surface area is 126 Å². The van der Waals surface area contributed by atoms with Gasteiger partial charge < -0.3 is 10.7 Å². The van der Waals surface area contributed by atoms with E-state index in [9.17, 15) is 4.79 Å². The molecular formula is C13H15ClN4OS. The average Bonchev–Trinajstić information content (AvgIpc) is 2.97. The SMILES string of the molecule is CCC(NC(=O)c1cc(Cl)nc(NN)c1)c1cccs1. The van der Waals surface area contributed by atoms with Crippen molar-refractivity contribution in [3.63, 3.8) is 0 Å². The molecule has 106 valence electrons. The highest BCUT2D eigenvalue weighted by molar-refractivity contribution is 7.10. The quantitative estimate of drug-likeness (QED) is 0.450. The standard InChI is InChI=1S/C13H15ClN4OS/c1-2-9(10-4-3-5-20-10)16-13(19)8-6-11(14)17-12(7-8)18-15/h3-7,9H,2,15H2,1H3,(H,16,19)(H,17,18). The first-order valence-electron chi connectivity index (χ1n) is 6.12. The van der Waals surface area contributed by atoms with Crippen molar-refractivity contribution in [2.24, 2.45) is 5.84 Å². The van der Waals surface area contributed by atoms with Gasteiger partial charge in [0.2, 0.25) is 0 Å². The van der Waals surface area contributed by atoms with Crippen molar-refractivity contribution in [1.29, 1.82) is 0 Å². The van der Waals surface area contributed by atoms with E-state index in [1.165, 1.54) is 6.07 Å². The van der Waals surface area contributed by atoms with Gasteiger partial charge in [-0.05, 0) is 30.0 Å². The molecule has 0 bridgehead atoms. The molecule has 2 heterocycles. The molecule has 0 aromatic carbocycles. The molecule has 0 saturated carbocycles. The van der Waals surface area contributed by atoms with Crippen molar-refractivity contribution >= 4 is 34.7 Å². The molecule has 7 heteroatoms. The number of thiophene rings is 1. The molecule has 20 heavy (non-hydrogen) atoms. The molecule has 2 aromatic rings. The van der Waals surface area contributed by atoms with Crippen LogP contribution < -0.4 is 16.6 Å². The number of halogens is 1. The summed E-state index contributed by atoms with van der Waals surface area (Å²) >= 11 is 7.48. The molecule has 0 saturated heterocycles. The van der Waals surface area contributed by atoms with Crippen LogP contribution in [-0.2, 0) is 0 Å². The first kappa shape index (κ1) is 14.8. The minimum atomic E-state index is -0.203. The third kappa shape index (κ3) is 3.47. The molecule has 4 N–H and O–H groups in total. The zero-order chi connectivity index (χ0) is 14.5. The smallest absolute Gasteiger partial charge is 0.252 e. The number of anilines is 1. The second kappa shape index (κ2) is 6.69. The lowest BCUT2D eigenvalue weighted by Gasteiger charge is -2.15. The van der Waals surface area contributed by atoms with Gasteiger partial charge in [-0.25, -0.2) is 10.8 Å². The number of rotatable bonds is 5. The summed E-state index contributed by atoms with van der Waals surface area (Å²) in [6, 6.07) is 7.03. The summed E-state index contributed by atoms with van der Waals surface area (Å²) in [6.45, 7) is 2.02. The van der Waals surface area contributed by atoms with E-state index in [1.54, 1.807) is 17.4 Å². The summed E-state index contributed by atoms with van der Waals surface area (Å²) in [5.41, 5.74) is 2.81. The van der Waals surface area contributed by atoms with Crippen LogP contribution in [0.4, 0.5) is 5.82 Å². The summed E-state index contributed by atoms with van der Waals surface area (Å²) in [5.74, 6) is 5.44. The van der Waals surface area contributed by atoms with E-state index < -0.39 is 0 Å². The molecule has 0 fully saturated rings. The number of hydrogen-bond acceptors (Lipinski definition) is 5. The highest BCUT2D eigenvalue weighted by atomic mass is 35.5. The fraction of sp³-hybridized carbons (Fsp3) is 0.231. The molecular weight excluding hydrogens is 296 g/mol. The first-order chi connectivity index (χ1) is 9.63. The van der Waals surface area contributed by atoms with Gasteiger partial charge in [0.25, 0.3) is 5.91 Å². The molecule has 1 amide bonds. The number of hydrogen-bond donors (Lipinski definition) is 3. The molecule has 1 unspecified atom stereocenters. The number of nitrogens with zero attached hydrogens (tertiary/aromatic N) is 1. The van der Waals surface area contributed by atoms with Crippen LogP contribution in [0.1, 0.15) is 34.6 Å². The van der Waals surface area contributed by atoms with E-state index in [0.717, 1.165) is 11.3 Å². The van der Waals surface area contributed by atoms with Gasteiger partial charge in [0.05, 0.1) is 6.04 Å². The lowest BCUT2D eigenvalue weighted by molar-refractivity contribution is 0.0936. The van der Waals surface area contributed by atoms with Crippen molar-refractivity contribution < 1.29 is 4.79 Å². The first-order valence-corrected chi connectivity index (χ1v) is 7.38. The molecule has 5 nitrogen and oxygen atoms in total. The van der Waals surface area contributed by atoms with E-state index >= 15 is 0 Å². The second-order valence-electron chi connectivity index (χ2n) is 4.16. The Morgan fingerprint density at radius 3 is 2.95 bits per heavy atom. The van der Waals surface area contributed by atoms with Crippen molar-refractivity contribution in [2.45, 2.75) is 19.4 Å². The topological polar surface area (TPSA) is 80.0 Å². The van der Waals surface area contributed by atoms with Gasteiger partial charge in [-0.3, -0.25) is 4.79 Å². The van der Waals surface area contributed by atoms with E-state index in [4.69, 9.17) is 17.4 Å². The summed E-state index contributed by atoms with van der Waals surface area (Å²) in [6.07, 6.45) is 0.813. The number of hydrazine groups is 1. The van der Waals surface area contributed by atoms with Crippen LogP contribution in [0.2, 0.25) is 5.15 Å². The summed E-state index contributed by atoms with van der Waals surface area (Å²) < 4.78 is 0. The van der Waals surface area contributed by atoms with Crippen LogP contribution >= 0.6 is 22.9 Å². The van der Waals surface area contributed by atoms with Gasteiger partial charge in [0.15, 0.2) is 0 Å². The zero-order valence-electron chi connectivity index (χ0n) is 10.9. The number of carbonyl (C=O) groups is 1. The average molecular weight is 311 g/mol. The Balaban J connectivity index is 2.17. The summed E-state index contributed by atoms with van der Waals surface area (Å²) in [7, 11) is 0. The van der Waals surface area contributed by atoms with Crippen LogP contribution in [0.5, 0.6) is 0 Å². The number of aromatic nitrogens is 1. The van der Waals surface area contributed by atoms with Crippen molar-refractivity contribution in [3.05, 3.63) is 45.2 Å². The molecule has 0 spiro atoms. The number of nitrogen functional groups attached to an aromatic ring is 1. The summed E-state index contributed by atoms with van der Waals surface area (Å²) in [5, 5.41) is 5.19. The number of amides is 1. The molecule has 0 radical (unpaired) electrons. The molecule has 2 rings (SSSR count). The number of nitrogens with one attached hydrogen (secondary N) is 2. The van der Waals surface area contributed by atoms with Crippen molar-refractivity contribution in [1.82, 2.24) is 10.3 Å². The molecule has 0 aliphatic rings. The highest BCUT2D eigenvalue weighted by Gasteiger charge is 2.16. The van der Waals surface area contributed by atoms with E-state index in [2.05, 4.69) is 15.7 Å². The normalized spacial score (nSPS) is 11.9. The van der Waals surface area contributed by atoms with Crippen LogP contribution in [0.15, 0.2) is 29.6 Å². The maximum atomic E-state index is 12.3. The maximum Gasteiger partial charge on any atom is 0.252 e. The maximum absolute atomic E-state index is 12.3. The number of nitrogens with two attached hydrogens (primary N) is 1. The van der Waals surface area contributed by atoms with Gasteiger partial charge in [0.1, 0.15) is 11.0 Å². The van der Waals surface area contributed by atoms with E-state index in [0.29, 0.717) is 11.4 Å². The summed E-state index contributed by atoms with van der Waals surface area (Å²) in [4.78, 5) is 17.3. The molecule has 1 atom stereocenters. The Bertz CT molecular complexity index is 588. The third-order valence-corrected chi connectivity index (χ3v) is 3.98. The van der Waals surface area contributed by atoms with Crippen molar-refractivity contribution in [3.8, 4) is 0 Å². The second-order valence-corrected chi connectivity index (χ2v) is 5.52.